The number of rotatable bonds is 6. The van der Waals surface area contributed by atoms with E-state index in [1.165, 1.54) is 55.3 Å². The molecule has 1 aromatic heterocycles. The predicted molar refractivity (Wildman–Crippen MR) is 257 cm³/mol. The first-order valence-corrected chi connectivity index (χ1v) is 21.4. The minimum atomic E-state index is -0.609. The van der Waals surface area contributed by atoms with Crippen LogP contribution in [0.3, 0.4) is 0 Å². The highest BCUT2D eigenvalue weighted by atomic mass is 16.3. The van der Waals surface area contributed by atoms with Crippen LogP contribution in [0.2, 0.25) is 0 Å². The summed E-state index contributed by atoms with van der Waals surface area (Å²) in [5.41, 5.74) is 18.0. The Morgan fingerprint density at radius 2 is 0.839 bits per heavy atom. The molecule has 0 amide bonds. The second-order valence-electron chi connectivity index (χ2n) is 16.4. The average Bonchev–Trinajstić information content (AvgIpc) is 3.97. The van der Waals surface area contributed by atoms with Crippen LogP contribution in [-0.2, 0) is 5.41 Å². The van der Waals surface area contributed by atoms with Gasteiger partial charge >= 0.3 is 0 Å². The lowest BCUT2D eigenvalue weighted by molar-refractivity contribution is 0.669. The summed E-state index contributed by atoms with van der Waals surface area (Å²) in [4.78, 5) is 4.85. The summed E-state index contributed by atoms with van der Waals surface area (Å²) in [5, 5.41) is 4.61. The van der Waals surface area contributed by atoms with Gasteiger partial charge in [0, 0.05) is 33.5 Å². The first-order chi connectivity index (χ1) is 30.8. The highest BCUT2D eigenvalue weighted by Crippen LogP contribution is 2.65. The molecule has 290 valence electrons. The van der Waals surface area contributed by atoms with Gasteiger partial charge in [-0.3, -0.25) is 0 Å². The van der Waals surface area contributed by atoms with Crippen LogP contribution in [0, 0.1) is 0 Å². The monoisotopic (exact) mass is 790 g/mol. The van der Waals surface area contributed by atoms with Crippen molar-refractivity contribution in [1.82, 2.24) is 0 Å². The fourth-order valence-electron chi connectivity index (χ4n) is 10.8. The minimum Gasteiger partial charge on any atom is -0.456 e. The van der Waals surface area contributed by atoms with E-state index < -0.39 is 5.41 Å². The van der Waals surface area contributed by atoms with Crippen molar-refractivity contribution in [1.29, 1.82) is 0 Å². The van der Waals surface area contributed by atoms with Crippen LogP contribution < -0.4 is 9.80 Å². The Kier molecular flexibility index (Phi) is 7.52. The number of benzene rings is 10. The summed E-state index contributed by atoms with van der Waals surface area (Å²) in [6.07, 6.45) is 0. The van der Waals surface area contributed by atoms with Crippen LogP contribution in [0.4, 0.5) is 34.1 Å². The lowest BCUT2D eigenvalue weighted by atomic mass is 9.70. The Bertz CT molecular complexity index is 3500. The van der Waals surface area contributed by atoms with Crippen LogP contribution in [0.25, 0.3) is 55.0 Å². The van der Waals surface area contributed by atoms with Crippen LogP contribution in [-0.4, -0.2) is 0 Å². The molecule has 0 radical (unpaired) electrons. The molecule has 0 aliphatic heterocycles. The molecule has 62 heavy (non-hydrogen) atoms. The zero-order valence-corrected chi connectivity index (χ0v) is 33.7. The average molecular weight is 791 g/mol. The van der Waals surface area contributed by atoms with Gasteiger partial charge in [0.2, 0.25) is 0 Å². The number of fused-ring (bicyclic) bond motifs is 15. The topological polar surface area (TPSA) is 19.6 Å². The first kappa shape index (κ1) is 34.7. The molecule has 1 heterocycles. The Balaban J connectivity index is 1.15. The number of furan rings is 1. The van der Waals surface area contributed by atoms with Gasteiger partial charge in [-0.15, -0.1) is 0 Å². The van der Waals surface area contributed by atoms with Gasteiger partial charge < -0.3 is 14.2 Å². The van der Waals surface area contributed by atoms with Gasteiger partial charge in [0.15, 0.2) is 0 Å². The van der Waals surface area contributed by atoms with Crippen molar-refractivity contribution in [2.24, 2.45) is 0 Å². The van der Waals surface area contributed by atoms with Gasteiger partial charge in [0.25, 0.3) is 0 Å². The SMILES string of the molecule is c1ccc(N(c2ccccc2)c2ccc3c(c2)C2(c4ccccc4-3)c3ccccc3-c3c2cc(N(c2ccccc2)c2cccc4oc5ccccc5c24)c2ccccc32)cc1. The summed E-state index contributed by atoms with van der Waals surface area (Å²) < 4.78 is 6.54. The summed E-state index contributed by atoms with van der Waals surface area (Å²) in [7, 11) is 0. The molecule has 0 saturated carbocycles. The number of para-hydroxylation sites is 4. The summed E-state index contributed by atoms with van der Waals surface area (Å²) in [6, 6.07) is 84.1. The maximum atomic E-state index is 6.54. The number of hydrogen-bond acceptors (Lipinski definition) is 3. The molecule has 2 aliphatic carbocycles. The maximum Gasteiger partial charge on any atom is 0.137 e. The number of hydrogen-bond donors (Lipinski definition) is 0. The standard InChI is InChI=1S/C59H38N2O/c1-4-19-39(20-5-1)60(40-21-6-2-7-22-40)42-35-36-44-43-25-12-15-30-49(43)59(51(44)37-42)50-31-16-13-28-47(50)57-46-27-11-10-26-45(46)54(38-52(57)59)61(41-23-8-3-9-24-41)53-32-18-34-56-58(53)48-29-14-17-33-55(48)62-56/h1-38H. The van der Waals surface area contributed by atoms with Crippen LogP contribution >= 0.6 is 0 Å². The van der Waals surface area contributed by atoms with E-state index in [0.717, 1.165) is 56.1 Å². The van der Waals surface area contributed by atoms with Crippen LogP contribution in [0.15, 0.2) is 235 Å². The van der Waals surface area contributed by atoms with E-state index in [0.29, 0.717) is 0 Å². The molecular formula is C59H38N2O. The number of nitrogens with zero attached hydrogens (tertiary/aromatic N) is 2. The quantitative estimate of drug-likeness (QED) is 0.167. The molecule has 1 unspecified atom stereocenters. The molecule has 3 heteroatoms. The predicted octanol–water partition coefficient (Wildman–Crippen LogP) is 16.0. The molecule has 3 nitrogen and oxygen atoms in total. The van der Waals surface area contributed by atoms with E-state index in [9.17, 15) is 0 Å². The van der Waals surface area contributed by atoms with Gasteiger partial charge in [-0.1, -0.05) is 158 Å². The molecule has 0 saturated heterocycles. The second-order valence-corrected chi connectivity index (χ2v) is 16.4. The fourth-order valence-corrected chi connectivity index (χ4v) is 10.8. The normalized spacial score (nSPS) is 14.5. The van der Waals surface area contributed by atoms with E-state index in [1.54, 1.807) is 0 Å². The van der Waals surface area contributed by atoms with E-state index >= 15 is 0 Å². The lowest BCUT2D eigenvalue weighted by Crippen LogP contribution is -2.26. The molecule has 0 N–H and O–H groups in total. The van der Waals surface area contributed by atoms with Crippen molar-refractivity contribution in [3.63, 3.8) is 0 Å². The Labute approximate surface area is 360 Å². The van der Waals surface area contributed by atoms with Crippen molar-refractivity contribution in [3.8, 4) is 22.3 Å². The van der Waals surface area contributed by atoms with Crippen molar-refractivity contribution in [2.75, 3.05) is 9.80 Å². The lowest BCUT2D eigenvalue weighted by Gasteiger charge is -2.34. The zero-order chi connectivity index (χ0) is 40.8. The number of anilines is 6. The van der Waals surface area contributed by atoms with E-state index in [2.05, 4.69) is 234 Å². The highest BCUT2D eigenvalue weighted by Gasteiger charge is 2.52. The smallest absolute Gasteiger partial charge is 0.137 e. The van der Waals surface area contributed by atoms with E-state index in [4.69, 9.17) is 4.42 Å². The fraction of sp³-hybridized carbons (Fsp3) is 0.0169. The van der Waals surface area contributed by atoms with E-state index in [-0.39, 0.29) is 0 Å². The third-order valence-electron chi connectivity index (χ3n) is 13.2. The zero-order valence-electron chi connectivity index (χ0n) is 33.7. The van der Waals surface area contributed by atoms with Crippen molar-refractivity contribution >= 4 is 66.8 Å². The first-order valence-electron chi connectivity index (χ1n) is 21.4. The summed E-state index contributed by atoms with van der Waals surface area (Å²) in [6.45, 7) is 0. The molecule has 1 spiro atoms. The van der Waals surface area contributed by atoms with Crippen molar-refractivity contribution < 1.29 is 4.42 Å². The molecular weight excluding hydrogens is 753 g/mol. The third kappa shape index (κ3) is 4.82. The highest BCUT2D eigenvalue weighted by molar-refractivity contribution is 6.17. The van der Waals surface area contributed by atoms with Gasteiger partial charge in [-0.25, -0.2) is 0 Å². The molecule has 2 aliphatic rings. The Morgan fingerprint density at radius 3 is 1.55 bits per heavy atom. The third-order valence-corrected chi connectivity index (χ3v) is 13.2. The maximum absolute atomic E-state index is 6.54. The van der Waals surface area contributed by atoms with Gasteiger partial charge in [0.05, 0.1) is 22.2 Å². The van der Waals surface area contributed by atoms with Crippen LogP contribution in [0.1, 0.15) is 22.3 Å². The molecule has 0 bridgehead atoms. The van der Waals surface area contributed by atoms with Gasteiger partial charge in [-0.05, 0) is 123 Å². The molecule has 0 fully saturated rings. The second kappa shape index (κ2) is 13.4. The Morgan fingerprint density at radius 1 is 0.306 bits per heavy atom. The molecule has 11 aromatic rings. The van der Waals surface area contributed by atoms with Crippen molar-refractivity contribution in [3.05, 3.63) is 253 Å². The molecule has 1 atom stereocenters. The van der Waals surface area contributed by atoms with Crippen molar-refractivity contribution in [2.45, 2.75) is 5.41 Å². The minimum absolute atomic E-state index is 0.609. The summed E-state index contributed by atoms with van der Waals surface area (Å²) >= 11 is 0. The van der Waals surface area contributed by atoms with Gasteiger partial charge in [-0.2, -0.15) is 0 Å². The van der Waals surface area contributed by atoms with E-state index in [1.807, 2.05) is 6.07 Å². The largest absolute Gasteiger partial charge is 0.456 e. The van der Waals surface area contributed by atoms with Crippen LogP contribution in [0.5, 0.6) is 0 Å². The summed E-state index contributed by atoms with van der Waals surface area (Å²) in [5.74, 6) is 0. The Hall–Kier alpha value is -8.14. The van der Waals surface area contributed by atoms with Gasteiger partial charge in [0.1, 0.15) is 11.2 Å². The molecule has 10 aromatic carbocycles. The molecule has 13 rings (SSSR count).